The lowest BCUT2D eigenvalue weighted by Gasteiger charge is -2.21. The number of hydrogen-bond donors (Lipinski definition) is 3. The first-order chi connectivity index (χ1) is 15.3. The predicted octanol–water partition coefficient (Wildman–Crippen LogP) is 3.00. The quantitative estimate of drug-likeness (QED) is 0.497. The van der Waals surface area contributed by atoms with Crippen LogP contribution in [0.4, 0.5) is 8.78 Å². The van der Waals surface area contributed by atoms with Gasteiger partial charge in [-0.3, -0.25) is 14.4 Å². The minimum Gasteiger partial charge on any atom is -0.350 e. The van der Waals surface area contributed by atoms with Gasteiger partial charge >= 0.3 is 0 Å². The molecule has 3 N–H and O–H groups in total. The van der Waals surface area contributed by atoms with E-state index in [1.807, 2.05) is 37.3 Å². The van der Waals surface area contributed by atoms with Crippen LogP contribution in [-0.2, 0) is 27.3 Å². The van der Waals surface area contributed by atoms with Gasteiger partial charge in [-0.05, 0) is 36.6 Å². The van der Waals surface area contributed by atoms with E-state index < -0.39 is 35.5 Å². The van der Waals surface area contributed by atoms with E-state index in [0.717, 1.165) is 36.6 Å². The Kier molecular flexibility index (Phi) is 9.78. The van der Waals surface area contributed by atoms with Crippen LogP contribution in [0, 0.1) is 11.6 Å². The number of unbranched alkanes of at least 4 members (excludes halogenated alkanes) is 1. The number of carbonyl (C=O) groups is 3. The monoisotopic (exact) mass is 445 g/mol. The standard InChI is InChI=1S/C24H29F2N3O3/c1-3-4-10-21(24(32)27-15-17-8-6-5-7-9-17)29-23(31)16(2)28-22(30)13-18-11-19(25)14-20(26)12-18/h5-9,11-12,14,16,21H,3-4,10,13,15H2,1-2H3,(H,27,32)(H,28,30)(H,29,31)/t16-,21-/m0/s1. The van der Waals surface area contributed by atoms with Crippen LogP contribution in [0.2, 0.25) is 0 Å². The summed E-state index contributed by atoms with van der Waals surface area (Å²) in [5, 5.41) is 8.01. The summed E-state index contributed by atoms with van der Waals surface area (Å²) in [7, 11) is 0. The van der Waals surface area contributed by atoms with E-state index in [-0.39, 0.29) is 17.9 Å². The highest BCUT2D eigenvalue weighted by atomic mass is 19.1. The molecule has 2 atom stereocenters. The van der Waals surface area contributed by atoms with Gasteiger partial charge in [-0.25, -0.2) is 8.78 Å². The molecular weight excluding hydrogens is 416 g/mol. The third-order valence-corrected chi connectivity index (χ3v) is 4.85. The van der Waals surface area contributed by atoms with Crippen LogP contribution >= 0.6 is 0 Å². The molecule has 0 aliphatic rings. The zero-order valence-corrected chi connectivity index (χ0v) is 18.3. The molecule has 32 heavy (non-hydrogen) atoms. The second-order valence-electron chi connectivity index (χ2n) is 7.65. The van der Waals surface area contributed by atoms with E-state index >= 15 is 0 Å². The Morgan fingerprint density at radius 3 is 2.19 bits per heavy atom. The molecule has 0 radical (unpaired) electrons. The number of benzene rings is 2. The third kappa shape index (κ3) is 8.45. The molecule has 0 saturated heterocycles. The number of nitrogens with one attached hydrogen (secondary N) is 3. The molecular formula is C24H29F2N3O3. The van der Waals surface area contributed by atoms with Crippen LogP contribution in [0.5, 0.6) is 0 Å². The van der Waals surface area contributed by atoms with Gasteiger partial charge in [-0.1, -0.05) is 50.1 Å². The lowest BCUT2D eigenvalue weighted by Crippen LogP contribution is -2.52. The van der Waals surface area contributed by atoms with Gasteiger partial charge in [0.1, 0.15) is 23.7 Å². The van der Waals surface area contributed by atoms with Crippen molar-refractivity contribution in [1.82, 2.24) is 16.0 Å². The van der Waals surface area contributed by atoms with E-state index in [0.29, 0.717) is 13.0 Å². The van der Waals surface area contributed by atoms with Gasteiger partial charge in [0.25, 0.3) is 0 Å². The number of hydrogen-bond acceptors (Lipinski definition) is 3. The zero-order valence-electron chi connectivity index (χ0n) is 18.3. The Balaban J connectivity index is 1.90. The van der Waals surface area contributed by atoms with E-state index in [9.17, 15) is 23.2 Å². The maximum atomic E-state index is 13.3. The van der Waals surface area contributed by atoms with E-state index in [1.54, 1.807) is 0 Å². The largest absolute Gasteiger partial charge is 0.350 e. The first kappa shape index (κ1) is 25.0. The molecule has 0 aliphatic carbocycles. The first-order valence-electron chi connectivity index (χ1n) is 10.6. The van der Waals surface area contributed by atoms with Crippen molar-refractivity contribution in [2.75, 3.05) is 0 Å². The van der Waals surface area contributed by atoms with Gasteiger partial charge in [0, 0.05) is 12.6 Å². The van der Waals surface area contributed by atoms with Crippen molar-refractivity contribution >= 4 is 17.7 Å². The van der Waals surface area contributed by atoms with Crippen LogP contribution in [-0.4, -0.2) is 29.8 Å². The average molecular weight is 446 g/mol. The summed E-state index contributed by atoms with van der Waals surface area (Å²) in [6.07, 6.45) is 1.79. The molecule has 6 nitrogen and oxygen atoms in total. The molecule has 2 aromatic carbocycles. The van der Waals surface area contributed by atoms with Gasteiger partial charge in [0.05, 0.1) is 6.42 Å². The van der Waals surface area contributed by atoms with Crippen molar-refractivity contribution in [1.29, 1.82) is 0 Å². The third-order valence-electron chi connectivity index (χ3n) is 4.85. The van der Waals surface area contributed by atoms with Crippen LogP contribution in [0.15, 0.2) is 48.5 Å². The van der Waals surface area contributed by atoms with Crippen molar-refractivity contribution in [3.05, 3.63) is 71.3 Å². The highest BCUT2D eigenvalue weighted by Gasteiger charge is 2.24. The van der Waals surface area contributed by atoms with Crippen LogP contribution < -0.4 is 16.0 Å². The topological polar surface area (TPSA) is 87.3 Å². The maximum absolute atomic E-state index is 13.3. The lowest BCUT2D eigenvalue weighted by molar-refractivity contribution is -0.131. The van der Waals surface area contributed by atoms with Crippen LogP contribution in [0.1, 0.15) is 44.2 Å². The van der Waals surface area contributed by atoms with Crippen LogP contribution in [0.3, 0.4) is 0 Å². The summed E-state index contributed by atoms with van der Waals surface area (Å²) < 4.78 is 26.6. The van der Waals surface area contributed by atoms with Crippen molar-refractivity contribution in [3.63, 3.8) is 0 Å². The molecule has 0 spiro atoms. The summed E-state index contributed by atoms with van der Waals surface area (Å²) in [6.45, 7) is 3.81. The van der Waals surface area contributed by atoms with Gasteiger partial charge in [0.2, 0.25) is 17.7 Å². The summed E-state index contributed by atoms with van der Waals surface area (Å²) in [5.74, 6) is -2.93. The SMILES string of the molecule is CCCC[C@H](NC(=O)[C@H](C)NC(=O)Cc1cc(F)cc(F)c1)C(=O)NCc1ccccc1. The molecule has 8 heteroatoms. The summed E-state index contributed by atoms with van der Waals surface area (Å²) >= 11 is 0. The van der Waals surface area contributed by atoms with Crippen molar-refractivity contribution in [3.8, 4) is 0 Å². The molecule has 0 saturated carbocycles. The van der Waals surface area contributed by atoms with Crippen LogP contribution in [0.25, 0.3) is 0 Å². The molecule has 0 aromatic heterocycles. The second-order valence-corrected chi connectivity index (χ2v) is 7.65. The fourth-order valence-electron chi connectivity index (χ4n) is 3.14. The molecule has 0 heterocycles. The number of rotatable bonds is 11. The molecule has 0 aliphatic heterocycles. The normalized spacial score (nSPS) is 12.5. The number of halogens is 2. The Morgan fingerprint density at radius 1 is 0.906 bits per heavy atom. The summed E-state index contributed by atoms with van der Waals surface area (Å²) in [4.78, 5) is 37.4. The Hall–Kier alpha value is -3.29. The minimum atomic E-state index is -0.924. The van der Waals surface area contributed by atoms with Crippen molar-refractivity contribution in [2.45, 2.75) is 58.2 Å². The van der Waals surface area contributed by atoms with Crippen molar-refractivity contribution < 1.29 is 23.2 Å². The van der Waals surface area contributed by atoms with Gasteiger partial charge in [0.15, 0.2) is 0 Å². The second kappa shape index (κ2) is 12.5. The van der Waals surface area contributed by atoms with Gasteiger partial charge in [-0.2, -0.15) is 0 Å². The fourth-order valence-corrected chi connectivity index (χ4v) is 3.14. The minimum absolute atomic E-state index is 0.161. The van der Waals surface area contributed by atoms with Crippen molar-refractivity contribution in [2.24, 2.45) is 0 Å². The summed E-state index contributed by atoms with van der Waals surface area (Å²) in [6, 6.07) is 10.6. The number of amides is 3. The van der Waals surface area contributed by atoms with E-state index in [2.05, 4.69) is 16.0 Å². The van der Waals surface area contributed by atoms with E-state index in [4.69, 9.17) is 0 Å². The zero-order chi connectivity index (χ0) is 23.5. The van der Waals surface area contributed by atoms with Gasteiger partial charge < -0.3 is 16.0 Å². The summed E-state index contributed by atoms with van der Waals surface area (Å²) in [5.41, 5.74) is 1.10. The maximum Gasteiger partial charge on any atom is 0.242 e. The fraction of sp³-hybridized carbons (Fsp3) is 0.375. The Bertz CT molecular complexity index is 902. The molecule has 0 bridgehead atoms. The molecule has 0 unspecified atom stereocenters. The van der Waals surface area contributed by atoms with E-state index in [1.165, 1.54) is 6.92 Å². The molecule has 0 fully saturated rings. The molecule has 3 amide bonds. The Morgan fingerprint density at radius 2 is 1.56 bits per heavy atom. The smallest absolute Gasteiger partial charge is 0.242 e. The lowest BCUT2D eigenvalue weighted by atomic mass is 10.1. The molecule has 2 aromatic rings. The highest BCUT2D eigenvalue weighted by molar-refractivity contribution is 5.92. The molecule has 2 rings (SSSR count). The first-order valence-corrected chi connectivity index (χ1v) is 10.6. The Labute approximate surface area is 186 Å². The highest BCUT2D eigenvalue weighted by Crippen LogP contribution is 2.09. The predicted molar refractivity (Wildman–Crippen MR) is 117 cm³/mol. The molecule has 172 valence electrons. The average Bonchev–Trinajstić information content (AvgIpc) is 2.74. The van der Waals surface area contributed by atoms with Gasteiger partial charge in [-0.15, -0.1) is 0 Å². The number of carbonyl (C=O) groups excluding carboxylic acids is 3.